The summed E-state index contributed by atoms with van der Waals surface area (Å²) in [7, 11) is 0. The number of carboxylic acid groups (broad SMARTS) is 4. The van der Waals surface area contributed by atoms with Crippen LogP contribution in [0.2, 0.25) is 0 Å². The summed E-state index contributed by atoms with van der Waals surface area (Å²) < 4.78 is 0. The quantitative estimate of drug-likeness (QED) is 0.0427. The lowest BCUT2D eigenvalue weighted by Crippen LogP contribution is -2.62. The van der Waals surface area contributed by atoms with E-state index in [2.05, 4.69) is 132 Å². The number of carboxylic acids is 4. The molecule has 0 aromatic heterocycles. The first kappa shape index (κ1) is 117. The van der Waals surface area contributed by atoms with E-state index >= 15 is 0 Å². The second-order valence-corrected chi connectivity index (χ2v) is 59.2. The Hall–Kier alpha value is -2.85. The molecule has 0 bridgehead atoms. The van der Waals surface area contributed by atoms with Crippen molar-refractivity contribution < 1.29 is 95.5 Å². The first-order valence-electron chi connectivity index (χ1n) is 62.5. The second kappa shape index (κ2) is 45.5. The van der Waals surface area contributed by atoms with Crippen molar-refractivity contribution in [1.82, 2.24) is 0 Å². The normalized spacial score (nSPS) is 51.4. The van der Waals surface area contributed by atoms with Crippen LogP contribution in [0.25, 0.3) is 0 Å². The van der Waals surface area contributed by atoms with Crippen molar-refractivity contribution in [3.05, 3.63) is 0 Å². The number of Topliss-reactive ketones (excluding diaryl/α,β-unsaturated/α-hetero) is 1. The highest BCUT2D eigenvalue weighted by Crippen LogP contribution is 2.77. The van der Waals surface area contributed by atoms with Crippen molar-refractivity contribution in [2.75, 3.05) is 6.61 Å². The number of rotatable bonds is 24. The third kappa shape index (κ3) is 20.8. The average molecular weight is 2060 g/mol. The first-order valence-corrected chi connectivity index (χ1v) is 62.5. The maximum absolute atomic E-state index is 13.9. The van der Waals surface area contributed by atoms with Crippen molar-refractivity contribution in [3.63, 3.8) is 0 Å². The van der Waals surface area contributed by atoms with Gasteiger partial charge < -0.3 is 71.5 Å². The zero-order valence-electron chi connectivity index (χ0n) is 95.7. The number of fused-ring (bicyclic) bond motifs is 25. The minimum Gasteiger partial charge on any atom is -0.481 e. The highest BCUT2D eigenvalue weighted by Gasteiger charge is 2.73. The molecule has 20 aliphatic rings. The lowest BCUT2D eigenvalue weighted by Gasteiger charge is -2.64. The van der Waals surface area contributed by atoms with Crippen LogP contribution in [0.1, 0.15) is 453 Å². The van der Waals surface area contributed by atoms with Gasteiger partial charge in [0.1, 0.15) is 5.78 Å². The summed E-state index contributed by atoms with van der Waals surface area (Å²) in [6.07, 6.45) is 47.6. The van der Waals surface area contributed by atoms with Gasteiger partial charge in [0.05, 0.1) is 54.9 Å². The molecule has 14 N–H and O–H groups in total. The number of hydrogen-bond acceptors (Lipinski definition) is 15. The van der Waals surface area contributed by atoms with Gasteiger partial charge in [0, 0.05) is 44.1 Å². The molecule has 20 aliphatic carbocycles. The van der Waals surface area contributed by atoms with Crippen LogP contribution in [0, 0.1) is 255 Å². The fourth-order valence-electron chi connectivity index (χ4n) is 46.4. The second-order valence-electron chi connectivity index (χ2n) is 59.2. The molecule has 0 saturated heterocycles. The number of aliphatic hydroxyl groups excluding tert-OH is 10. The van der Waals surface area contributed by atoms with Gasteiger partial charge in [-0.05, 0) is 520 Å². The molecule has 53 atom stereocenters. The van der Waals surface area contributed by atoms with Gasteiger partial charge in [-0.2, -0.15) is 0 Å². The van der Waals surface area contributed by atoms with Crippen molar-refractivity contribution in [3.8, 4) is 0 Å². The van der Waals surface area contributed by atoms with Gasteiger partial charge in [0.25, 0.3) is 0 Å². The Morgan fingerprint density at radius 1 is 0.272 bits per heavy atom. The lowest BCUT2D eigenvalue weighted by molar-refractivity contribution is -0.203. The summed E-state index contributed by atoms with van der Waals surface area (Å²) in [5.74, 6) is 13.8. The number of carbonyl (C=O) groups is 5. The van der Waals surface area contributed by atoms with E-state index in [0.29, 0.717) is 207 Å². The minimum atomic E-state index is -0.697. The molecule has 19 heteroatoms. The van der Waals surface area contributed by atoms with E-state index in [1.165, 1.54) is 109 Å². The van der Waals surface area contributed by atoms with E-state index in [-0.39, 0.29) is 136 Å². The highest BCUT2D eigenvalue weighted by atomic mass is 16.4. The first-order chi connectivity index (χ1) is 69.3. The van der Waals surface area contributed by atoms with Gasteiger partial charge in [-0.3, -0.25) is 24.0 Å². The van der Waals surface area contributed by atoms with Crippen molar-refractivity contribution >= 4 is 29.7 Å². The van der Waals surface area contributed by atoms with Crippen molar-refractivity contribution in [1.29, 1.82) is 0 Å². The van der Waals surface area contributed by atoms with E-state index < -0.39 is 23.9 Å². The average Bonchev–Trinajstić information content (AvgIpc) is 1.43. The van der Waals surface area contributed by atoms with Crippen LogP contribution < -0.4 is 0 Å². The third-order valence-electron chi connectivity index (χ3n) is 53.8. The standard InChI is InChI=1S/2C26H44O4.C26H42O4.C26H46O3.C24H40O4/c3*1-5-17-21-14-16(27)10-12-26(21,4)20-11-13-25(3)18(15(2)6-9-22(28)29)7-8-19(25)23(20)24(17)30;1-5-18-22-15-17(28)10-12-26(22,4)21-11-13-25(3)19(16(2)7-6-14-27)8-9-20(25)23(21)24(18)29;1-14(4-7-21(27)28)17-5-6-18-22-19(9-11-24(17,18)3)23(2)10-8-16(25)12-15(23)13-20(22)26/h2*15-21,23-24,27,30H,5-14H2,1-4H3,(H,28,29);15-21,23,27H,5-14H2,1-4H3,(H,28,29);16-24,27-29H,5-15H2,1-4H3;14-20,22,25-26H,4-13H2,1-3H3,(H,27,28)/t15-,16-,17+,18?,19?,20?,21?,23?,24-,25-,26-;15-,16-,17-,18?,19?,20?,21?,23?,24+,25-,26-;15-,16-,17-,18?,19?,20?,21?,23?,25-,26-;16-,17-,18-,19?,20?,21?,22?,23?,24-,25-,26-;14-,15?,16-,17?,18?,19?,20-,22?,23+,24-/m11111/s1. The number of hydrogen-bond donors (Lipinski definition) is 14. The lowest BCUT2D eigenvalue weighted by atomic mass is 9.41. The zero-order valence-corrected chi connectivity index (χ0v) is 95.7. The summed E-state index contributed by atoms with van der Waals surface area (Å²) in [5, 5.41) is 144. The predicted molar refractivity (Wildman–Crippen MR) is 578 cm³/mol. The summed E-state index contributed by atoms with van der Waals surface area (Å²) in [6, 6.07) is 0. The summed E-state index contributed by atoms with van der Waals surface area (Å²) in [5.41, 5.74) is 2.49. The number of aliphatic hydroxyl groups is 10. The Balaban J connectivity index is 0.000000131. The maximum atomic E-state index is 13.9. The Kier molecular flexibility index (Phi) is 36.1. The van der Waals surface area contributed by atoms with Crippen molar-refractivity contribution in [2.45, 2.75) is 508 Å². The van der Waals surface area contributed by atoms with E-state index in [0.717, 1.165) is 192 Å². The molecule has 19 nitrogen and oxygen atoms in total. The van der Waals surface area contributed by atoms with E-state index in [1.54, 1.807) is 0 Å². The fourth-order valence-corrected chi connectivity index (χ4v) is 46.4. The molecule has 0 heterocycles. The van der Waals surface area contributed by atoms with Crippen LogP contribution in [-0.4, -0.2) is 163 Å². The monoisotopic (exact) mass is 2060 g/mol. The molecule has 0 radical (unpaired) electrons. The molecule has 0 spiro atoms. The molecule has 0 amide bonds. The van der Waals surface area contributed by atoms with Crippen LogP contribution in [-0.2, 0) is 24.0 Å². The predicted octanol–water partition coefficient (Wildman–Crippen LogP) is 25.0. The molecule has 842 valence electrons. The van der Waals surface area contributed by atoms with Crippen LogP contribution in [0.3, 0.4) is 0 Å². The van der Waals surface area contributed by atoms with Gasteiger partial charge in [0.2, 0.25) is 0 Å². The molecule has 147 heavy (non-hydrogen) atoms. The zero-order chi connectivity index (χ0) is 107. The fraction of sp³-hybridized carbons (Fsp3) is 0.961. The van der Waals surface area contributed by atoms with Crippen LogP contribution in [0.4, 0.5) is 0 Å². The molecular formula is C128H216O19. The van der Waals surface area contributed by atoms with Crippen LogP contribution in [0.15, 0.2) is 0 Å². The molecule has 0 aromatic rings. The molecule has 20 saturated carbocycles. The Labute approximate surface area is 889 Å². The van der Waals surface area contributed by atoms with Gasteiger partial charge in [-0.1, -0.05) is 151 Å². The minimum absolute atomic E-state index is 0.108. The molecule has 20 rings (SSSR count). The summed E-state index contributed by atoms with van der Waals surface area (Å²) in [6.45, 7) is 45.4. The molecule has 20 fully saturated rings. The maximum Gasteiger partial charge on any atom is 0.303 e. The van der Waals surface area contributed by atoms with Gasteiger partial charge in [-0.25, -0.2) is 0 Å². The largest absolute Gasteiger partial charge is 0.481 e. The smallest absolute Gasteiger partial charge is 0.303 e. The summed E-state index contributed by atoms with van der Waals surface area (Å²) in [4.78, 5) is 58.3. The SMILES string of the molecule is CC[C@@H]1C2C[C@H](O)CC[C@]2(C)C2CC[C@@]3(C)C(CCC3[C@H](C)CCC(=O)O)C2[C@H]1O.CC[C@@H]1C2C[C@H](O)CC[C@]2(C)C2CC[C@@]3(C)C(CCC3[C@H](C)CCCO)C2[C@@H]1O.CC[C@H]1C(=O)C2C3CCC([C@H](C)CCC(=O)O)[C@@]3(C)CCC2[C@@]2(C)CC[C@@H](O)CC12.CC[C@H]1C2C[C@H](O)CC[C@]2(C)C2CC[C@@]3(C)C(CCC3[C@H](C)CCC(=O)O)C2[C@@H]1O.C[C@H](CCC(=O)O)C1CCC2C3C(CC[C@@]21C)[C@@]1(C)CC[C@@H](O)CC1C[C@H]3O. The third-order valence-corrected chi connectivity index (χ3v) is 53.8. The van der Waals surface area contributed by atoms with Crippen molar-refractivity contribution in [2.24, 2.45) is 255 Å². The Morgan fingerprint density at radius 2 is 0.510 bits per heavy atom. The number of carbonyl (C=O) groups excluding carboxylic acids is 1. The Morgan fingerprint density at radius 3 is 0.810 bits per heavy atom. The molecule has 0 aliphatic heterocycles. The van der Waals surface area contributed by atoms with E-state index in [9.17, 15) is 75.0 Å². The van der Waals surface area contributed by atoms with Gasteiger partial charge in [0.15, 0.2) is 0 Å². The van der Waals surface area contributed by atoms with Gasteiger partial charge >= 0.3 is 23.9 Å². The molecule has 0 aromatic carbocycles. The molecule has 25 unspecified atom stereocenters. The number of aliphatic carboxylic acids is 4. The number of ketones is 1. The topological polar surface area (TPSA) is 369 Å². The molecular weight excluding hydrogens is 1840 g/mol. The Bertz CT molecular complexity index is 4310. The van der Waals surface area contributed by atoms with Gasteiger partial charge in [-0.15, -0.1) is 0 Å². The summed E-state index contributed by atoms with van der Waals surface area (Å²) >= 11 is 0. The van der Waals surface area contributed by atoms with E-state index in [4.69, 9.17) is 20.4 Å². The highest BCUT2D eigenvalue weighted by molar-refractivity contribution is 5.86. The van der Waals surface area contributed by atoms with E-state index in [1.807, 2.05) is 0 Å². The van der Waals surface area contributed by atoms with Crippen LogP contribution in [0.5, 0.6) is 0 Å². The van der Waals surface area contributed by atoms with Crippen LogP contribution >= 0.6 is 0 Å².